The van der Waals surface area contributed by atoms with Gasteiger partial charge in [0.15, 0.2) is 0 Å². The van der Waals surface area contributed by atoms with Gasteiger partial charge in [0.25, 0.3) is 0 Å². The van der Waals surface area contributed by atoms with Crippen LogP contribution in [-0.4, -0.2) is 4.98 Å². The second kappa shape index (κ2) is 10.2. The number of aryl methyl sites for hydroxylation is 1. The lowest BCUT2D eigenvalue weighted by atomic mass is 10.3. The van der Waals surface area contributed by atoms with Crippen molar-refractivity contribution in [2.45, 2.75) is 6.92 Å². The van der Waals surface area contributed by atoms with E-state index < -0.39 is 15.8 Å². The molecule has 4 aromatic carbocycles. The number of pyridine rings is 1. The maximum atomic E-state index is 5.44. The molecule has 1 heterocycles. The Morgan fingerprint density at radius 3 is 1.18 bits per heavy atom. The van der Waals surface area contributed by atoms with Crippen molar-refractivity contribution in [3.8, 4) is 0 Å². The van der Waals surface area contributed by atoms with Crippen LogP contribution in [0.2, 0.25) is 0 Å². The van der Waals surface area contributed by atoms with E-state index in [0.29, 0.717) is 0 Å². The average Bonchev–Trinajstić information content (AvgIpc) is 2.89. The van der Waals surface area contributed by atoms with Gasteiger partial charge in [-0.2, -0.15) is 0 Å². The van der Waals surface area contributed by atoms with Crippen molar-refractivity contribution in [3.63, 3.8) is 0 Å². The maximum Gasteiger partial charge on any atom is 0.0757 e. The second-order valence-electron chi connectivity index (χ2n) is 7.82. The Morgan fingerprint density at radius 2 is 0.788 bits per heavy atom. The predicted molar refractivity (Wildman–Crippen MR) is 146 cm³/mol. The fourth-order valence-electron chi connectivity index (χ4n) is 3.97. The quantitative estimate of drug-likeness (QED) is 0.328. The zero-order valence-corrected chi connectivity index (χ0v) is 20.3. The summed E-state index contributed by atoms with van der Waals surface area (Å²) in [6.45, 7) is 2.20. The van der Waals surface area contributed by atoms with Crippen LogP contribution in [-0.2, 0) is 0 Å². The highest BCUT2D eigenvalue weighted by Crippen LogP contribution is 2.35. The summed E-state index contributed by atoms with van der Waals surface area (Å²) >= 11 is 0. The normalized spacial score (nSPS) is 11.1. The number of hydrogen-bond acceptors (Lipinski definition) is 1. The predicted octanol–water partition coefficient (Wildman–Crippen LogP) is 4.91. The molecule has 0 fully saturated rings. The van der Waals surface area contributed by atoms with E-state index in [4.69, 9.17) is 4.98 Å². The summed E-state index contributed by atoms with van der Waals surface area (Å²) in [5.74, 6) is 0. The first kappa shape index (κ1) is 21.7. The number of hydrogen-bond donors (Lipinski definition) is 0. The Labute approximate surface area is 198 Å². The minimum Gasteiger partial charge on any atom is -0.247 e. The first-order valence-electron chi connectivity index (χ1n) is 11.1. The molecule has 1 aromatic heterocycles. The lowest BCUT2D eigenvalue weighted by Crippen LogP contribution is -2.31. The first-order valence-corrected chi connectivity index (χ1v) is 13.8. The fraction of sp³-hybridized carbons (Fsp3) is 0.0333. The van der Waals surface area contributed by atoms with Crippen molar-refractivity contribution in [1.29, 1.82) is 0 Å². The van der Waals surface area contributed by atoms with Gasteiger partial charge in [0.1, 0.15) is 0 Å². The Bertz CT molecular complexity index is 1230. The molecule has 0 spiro atoms. The van der Waals surface area contributed by atoms with Gasteiger partial charge < -0.3 is 0 Å². The lowest BCUT2D eigenvalue weighted by Gasteiger charge is -2.23. The van der Waals surface area contributed by atoms with Crippen LogP contribution in [0.3, 0.4) is 0 Å². The molecule has 0 aliphatic heterocycles. The van der Waals surface area contributed by atoms with Gasteiger partial charge >= 0.3 is 0 Å². The highest BCUT2D eigenvalue weighted by atomic mass is 31.1. The van der Waals surface area contributed by atoms with Crippen LogP contribution in [0.25, 0.3) is 0 Å². The smallest absolute Gasteiger partial charge is 0.0757 e. The molecule has 5 aromatic rings. The van der Waals surface area contributed by atoms with E-state index >= 15 is 0 Å². The summed E-state index contributed by atoms with van der Waals surface area (Å²) in [5.41, 5.74) is 3.59. The van der Waals surface area contributed by atoms with Crippen LogP contribution in [0.5, 0.6) is 0 Å². The van der Waals surface area contributed by atoms with Crippen molar-refractivity contribution in [1.82, 2.24) is 4.98 Å². The van der Waals surface area contributed by atoms with Gasteiger partial charge in [-0.05, 0) is 39.8 Å². The van der Waals surface area contributed by atoms with Gasteiger partial charge in [0.2, 0.25) is 0 Å². The number of nitrogens with zero attached hydrogens (tertiary/aromatic N) is 1. The molecule has 0 N–H and O–H groups in total. The Hall–Kier alpha value is -3.11. The monoisotopic (exact) mass is 461 g/mol. The first-order chi connectivity index (χ1) is 16.3. The van der Waals surface area contributed by atoms with E-state index in [1.165, 1.54) is 32.2 Å². The molecule has 33 heavy (non-hydrogen) atoms. The van der Waals surface area contributed by atoms with Gasteiger partial charge in [0.05, 0.1) is 10.9 Å². The molecular formula is C30H25NP2. The highest BCUT2D eigenvalue weighted by molar-refractivity contribution is 7.80. The van der Waals surface area contributed by atoms with Gasteiger partial charge in [-0.1, -0.05) is 127 Å². The van der Waals surface area contributed by atoms with Gasteiger partial charge in [-0.15, -0.1) is 0 Å². The minimum absolute atomic E-state index is 0.738. The summed E-state index contributed by atoms with van der Waals surface area (Å²) in [7, 11) is -1.48. The standard InChI is InChI=1S/C30H25NP2/c1-24-22-23-29(32(25-14-6-2-7-15-25)26-16-8-3-9-17-26)31-30(24)33(27-18-10-4-11-19-27)28-20-12-5-13-21-28/h2-23H,1H3. The summed E-state index contributed by atoms with van der Waals surface area (Å²) in [6, 6.07) is 47.8. The second-order valence-corrected chi connectivity index (χ2v) is 12.1. The minimum atomic E-state index is -0.746. The highest BCUT2D eigenvalue weighted by Gasteiger charge is 2.23. The van der Waals surface area contributed by atoms with Gasteiger partial charge in [-0.25, -0.2) is 4.98 Å². The molecule has 0 saturated heterocycles. The molecule has 160 valence electrons. The Kier molecular flexibility index (Phi) is 6.73. The lowest BCUT2D eigenvalue weighted by molar-refractivity contribution is 1.38. The van der Waals surface area contributed by atoms with Crippen LogP contribution >= 0.6 is 15.8 Å². The molecule has 0 unspecified atom stereocenters. The fourth-order valence-corrected chi connectivity index (χ4v) is 8.61. The van der Waals surface area contributed by atoms with Crippen LogP contribution < -0.4 is 32.1 Å². The molecule has 1 nitrogen and oxygen atoms in total. The number of benzene rings is 4. The molecule has 0 bridgehead atoms. The zero-order valence-electron chi connectivity index (χ0n) is 18.5. The van der Waals surface area contributed by atoms with Crippen molar-refractivity contribution >= 4 is 47.9 Å². The third-order valence-electron chi connectivity index (χ3n) is 5.55. The van der Waals surface area contributed by atoms with Crippen molar-refractivity contribution < 1.29 is 0 Å². The molecule has 3 heteroatoms. The van der Waals surface area contributed by atoms with Gasteiger partial charge in [-0.3, -0.25) is 0 Å². The summed E-state index contributed by atoms with van der Waals surface area (Å²) in [6.07, 6.45) is 0. The summed E-state index contributed by atoms with van der Waals surface area (Å²) in [5, 5.41) is 5.31. The molecule has 0 radical (unpaired) electrons. The Morgan fingerprint density at radius 1 is 0.424 bits per heavy atom. The van der Waals surface area contributed by atoms with E-state index in [9.17, 15) is 0 Å². The third-order valence-corrected chi connectivity index (χ3v) is 10.4. The van der Waals surface area contributed by atoms with Crippen LogP contribution in [0, 0.1) is 6.92 Å². The average molecular weight is 461 g/mol. The van der Waals surface area contributed by atoms with Crippen molar-refractivity contribution in [2.75, 3.05) is 0 Å². The third kappa shape index (κ3) is 4.81. The van der Waals surface area contributed by atoms with Crippen LogP contribution in [0.1, 0.15) is 5.56 Å². The molecule has 0 amide bonds. The molecular weight excluding hydrogens is 436 g/mol. The number of aromatic nitrogens is 1. The molecule has 0 saturated carbocycles. The van der Waals surface area contributed by atoms with E-state index in [-0.39, 0.29) is 0 Å². The van der Waals surface area contributed by atoms with E-state index in [0.717, 1.165) is 5.44 Å². The van der Waals surface area contributed by atoms with Crippen LogP contribution in [0.4, 0.5) is 0 Å². The van der Waals surface area contributed by atoms with E-state index in [1.807, 2.05) is 0 Å². The molecule has 0 aliphatic carbocycles. The molecule has 5 rings (SSSR count). The SMILES string of the molecule is Cc1ccc(P(c2ccccc2)c2ccccc2)nc1P(c1ccccc1)c1ccccc1. The van der Waals surface area contributed by atoms with Crippen molar-refractivity contribution in [3.05, 3.63) is 139 Å². The van der Waals surface area contributed by atoms with E-state index in [1.54, 1.807) is 0 Å². The maximum absolute atomic E-state index is 5.44. The Balaban J connectivity index is 1.69. The molecule has 0 atom stereocenters. The largest absolute Gasteiger partial charge is 0.247 e. The summed E-state index contributed by atoms with van der Waals surface area (Å²) < 4.78 is 0. The van der Waals surface area contributed by atoms with Crippen LogP contribution in [0.15, 0.2) is 133 Å². The van der Waals surface area contributed by atoms with E-state index in [2.05, 4.69) is 140 Å². The molecule has 0 aliphatic rings. The topological polar surface area (TPSA) is 12.9 Å². The van der Waals surface area contributed by atoms with Crippen molar-refractivity contribution in [2.24, 2.45) is 0 Å². The number of rotatable bonds is 6. The van der Waals surface area contributed by atoms with Gasteiger partial charge in [0, 0.05) is 15.8 Å². The zero-order chi connectivity index (χ0) is 22.5. The summed E-state index contributed by atoms with van der Waals surface area (Å²) in [4.78, 5) is 5.44.